The molecule has 1 aliphatic rings. The molecule has 0 radical (unpaired) electrons. The summed E-state index contributed by atoms with van der Waals surface area (Å²) in [4.78, 5) is 4.18. The Hall–Kier alpha value is -0.870. The summed E-state index contributed by atoms with van der Waals surface area (Å²) in [5.41, 5.74) is 0. The fourth-order valence-corrected chi connectivity index (χ4v) is 2.12. The van der Waals surface area contributed by atoms with Crippen LogP contribution in [0, 0.1) is 12.8 Å². The van der Waals surface area contributed by atoms with Gasteiger partial charge in [-0.15, -0.1) is 0 Å². The number of ether oxygens (including phenoxy) is 1. The zero-order valence-electron chi connectivity index (χ0n) is 9.98. The maximum absolute atomic E-state index is 5.65. The Kier molecular flexibility index (Phi) is 4.36. The molecule has 1 aliphatic heterocycles. The van der Waals surface area contributed by atoms with Crippen molar-refractivity contribution in [1.82, 2.24) is 14.9 Å². The van der Waals surface area contributed by atoms with E-state index >= 15 is 0 Å². The molecule has 4 nitrogen and oxygen atoms in total. The SMILES string of the molecule is Cc1nccn1CCOCCC1CCNC1. The lowest BCUT2D eigenvalue weighted by molar-refractivity contribution is 0.114. The third kappa shape index (κ3) is 3.32. The van der Waals surface area contributed by atoms with Crippen LogP contribution < -0.4 is 5.32 Å². The van der Waals surface area contributed by atoms with Crippen LogP contribution in [-0.4, -0.2) is 35.9 Å². The zero-order chi connectivity index (χ0) is 11.2. The van der Waals surface area contributed by atoms with Crippen molar-refractivity contribution in [2.24, 2.45) is 5.92 Å². The van der Waals surface area contributed by atoms with Crippen LogP contribution in [0.2, 0.25) is 0 Å². The van der Waals surface area contributed by atoms with Crippen molar-refractivity contribution in [3.63, 3.8) is 0 Å². The monoisotopic (exact) mass is 223 g/mol. The summed E-state index contributed by atoms with van der Waals surface area (Å²) in [5, 5.41) is 3.38. The molecular formula is C12H21N3O. The Morgan fingerprint density at radius 3 is 3.19 bits per heavy atom. The molecule has 1 N–H and O–H groups in total. The van der Waals surface area contributed by atoms with E-state index in [-0.39, 0.29) is 0 Å². The van der Waals surface area contributed by atoms with Gasteiger partial charge in [0.15, 0.2) is 0 Å². The minimum Gasteiger partial charge on any atom is -0.380 e. The number of imidazole rings is 1. The van der Waals surface area contributed by atoms with Crippen LogP contribution in [0.1, 0.15) is 18.7 Å². The zero-order valence-corrected chi connectivity index (χ0v) is 9.98. The van der Waals surface area contributed by atoms with E-state index in [2.05, 4.69) is 14.9 Å². The van der Waals surface area contributed by atoms with E-state index in [1.165, 1.54) is 25.9 Å². The Balaban J connectivity index is 1.53. The van der Waals surface area contributed by atoms with E-state index in [4.69, 9.17) is 4.74 Å². The lowest BCUT2D eigenvalue weighted by Gasteiger charge is -2.09. The molecule has 0 amide bonds. The van der Waals surface area contributed by atoms with Gasteiger partial charge in [-0.3, -0.25) is 0 Å². The van der Waals surface area contributed by atoms with E-state index in [0.29, 0.717) is 0 Å². The summed E-state index contributed by atoms with van der Waals surface area (Å²) < 4.78 is 7.77. The highest BCUT2D eigenvalue weighted by molar-refractivity contribution is 4.87. The Morgan fingerprint density at radius 1 is 1.56 bits per heavy atom. The summed E-state index contributed by atoms with van der Waals surface area (Å²) in [6.07, 6.45) is 6.33. The average Bonchev–Trinajstić information content (AvgIpc) is 2.90. The molecule has 0 bridgehead atoms. The molecule has 1 unspecified atom stereocenters. The molecule has 4 heteroatoms. The molecule has 0 saturated carbocycles. The van der Waals surface area contributed by atoms with E-state index < -0.39 is 0 Å². The van der Waals surface area contributed by atoms with Crippen LogP contribution in [0.25, 0.3) is 0 Å². The summed E-state index contributed by atoms with van der Waals surface area (Å²) in [7, 11) is 0. The van der Waals surface area contributed by atoms with Crippen molar-refractivity contribution in [1.29, 1.82) is 0 Å². The van der Waals surface area contributed by atoms with E-state index in [1.54, 1.807) is 0 Å². The third-order valence-corrected chi connectivity index (χ3v) is 3.23. The maximum atomic E-state index is 5.65. The summed E-state index contributed by atoms with van der Waals surface area (Å²) in [5.74, 6) is 1.89. The van der Waals surface area contributed by atoms with Crippen molar-refractivity contribution in [2.45, 2.75) is 26.3 Å². The molecule has 16 heavy (non-hydrogen) atoms. The molecule has 0 spiro atoms. The third-order valence-electron chi connectivity index (χ3n) is 3.23. The van der Waals surface area contributed by atoms with Crippen LogP contribution in [-0.2, 0) is 11.3 Å². The summed E-state index contributed by atoms with van der Waals surface area (Å²) >= 11 is 0. The second-order valence-electron chi connectivity index (χ2n) is 4.43. The van der Waals surface area contributed by atoms with Crippen LogP contribution in [0.5, 0.6) is 0 Å². The van der Waals surface area contributed by atoms with Crippen LogP contribution in [0.4, 0.5) is 0 Å². The highest BCUT2D eigenvalue weighted by Gasteiger charge is 2.13. The van der Waals surface area contributed by atoms with Crippen molar-refractivity contribution in [3.8, 4) is 0 Å². The van der Waals surface area contributed by atoms with E-state index in [0.717, 1.165) is 31.5 Å². The highest BCUT2D eigenvalue weighted by Crippen LogP contribution is 2.11. The number of hydrogen-bond acceptors (Lipinski definition) is 3. The van der Waals surface area contributed by atoms with Crippen LogP contribution in [0.15, 0.2) is 12.4 Å². The number of nitrogens with zero attached hydrogens (tertiary/aromatic N) is 2. The van der Waals surface area contributed by atoms with Gasteiger partial charge in [0.2, 0.25) is 0 Å². The minimum absolute atomic E-state index is 0.789. The van der Waals surface area contributed by atoms with Crippen molar-refractivity contribution < 1.29 is 4.74 Å². The van der Waals surface area contributed by atoms with Gasteiger partial charge in [0.1, 0.15) is 5.82 Å². The fourth-order valence-electron chi connectivity index (χ4n) is 2.12. The number of nitrogens with one attached hydrogen (secondary N) is 1. The molecule has 90 valence electrons. The van der Waals surface area contributed by atoms with Crippen LogP contribution >= 0.6 is 0 Å². The molecule has 2 heterocycles. The second kappa shape index (κ2) is 6.01. The number of aromatic nitrogens is 2. The van der Waals surface area contributed by atoms with Gasteiger partial charge < -0.3 is 14.6 Å². The van der Waals surface area contributed by atoms with Gasteiger partial charge >= 0.3 is 0 Å². The molecule has 1 aromatic rings. The molecule has 0 aromatic carbocycles. The molecular weight excluding hydrogens is 202 g/mol. The molecule has 1 atom stereocenters. The van der Waals surface area contributed by atoms with Crippen molar-refractivity contribution in [3.05, 3.63) is 18.2 Å². The first kappa shape index (κ1) is 11.6. The van der Waals surface area contributed by atoms with Gasteiger partial charge in [0, 0.05) is 25.5 Å². The largest absolute Gasteiger partial charge is 0.380 e. The van der Waals surface area contributed by atoms with Gasteiger partial charge in [-0.25, -0.2) is 4.98 Å². The fraction of sp³-hybridized carbons (Fsp3) is 0.750. The quantitative estimate of drug-likeness (QED) is 0.737. The molecule has 1 saturated heterocycles. The minimum atomic E-state index is 0.789. The Bertz CT molecular complexity index is 305. The predicted octanol–water partition coefficient (Wildman–Crippen LogP) is 1.21. The average molecular weight is 223 g/mol. The standard InChI is InChI=1S/C12H21N3O/c1-11-14-5-6-15(11)7-9-16-8-3-12-2-4-13-10-12/h5-6,12-13H,2-4,7-10H2,1H3. The van der Waals surface area contributed by atoms with Crippen molar-refractivity contribution >= 4 is 0 Å². The maximum Gasteiger partial charge on any atom is 0.105 e. The predicted molar refractivity (Wildman–Crippen MR) is 63.4 cm³/mol. The molecule has 1 aromatic heterocycles. The highest BCUT2D eigenvalue weighted by atomic mass is 16.5. The Morgan fingerprint density at radius 2 is 2.50 bits per heavy atom. The lowest BCUT2D eigenvalue weighted by Crippen LogP contribution is -2.12. The van der Waals surface area contributed by atoms with E-state index in [9.17, 15) is 0 Å². The first-order chi connectivity index (χ1) is 7.86. The van der Waals surface area contributed by atoms with Gasteiger partial charge in [-0.1, -0.05) is 0 Å². The normalized spacial score (nSPS) is 20.4. The van der Waals surface area contributed by atoms with Gasteiger partial charge in [-0.2, -0.15) is 0 Å². The smallest absolute Gasteiger partial charge is 0.105 e. The van der Waals surface area contributed by atoms with Crippen molar-refractivity contribution in [2.75, 3.05) is 26.3 Å². The molecule has 0 aliphatic carbocycles. The second-order valence-corrected chi connectivity index (χ2v) is 4.43. The topological polar surface area (TPSA) is 39.1 Å². The number of rotatable bonds is 6. The van der Waals surface area contributed by atoms with Gasteiger partial charge in [0.25, 0.3) is 0 Å². The first-order valence-corrected chi connectivity index (χ1v) is 6.12. The van der Waals surface area contributed by atoms with Crippen LogP contribution in [0.3, 0.4) is 0 Å². The number of aryl methyl sites for hydroxylation is 1. The molecule has 1 fully saturated rings. The van der Waals surface area contributed by atoms with Gasteiger partial charge in [0.05, 0.1) is 6.61 Å². The summed E-state index contributed by atoms with van der Waals surface area (Å²) in [6.45, 7) is 6.96. The van der Waals surface area contributed by atoms with Gasteiger partial charge in [-0.05, 0) is 38.8 Å². The van der Waals surface area contributed by atoms with E-state index in [1.807, 2.05) is 19.3 Å². The first-order valence-electron chi connectivity index (χ1n) is 6.12. The summed E-state index contributed by atoms with van der Waals surface area (Å²) in [6, 6.07) is 0. The molecule has 2 rings (SSSR count). The Labute approximate surface area is 97.0 Å². The number of hydrogen-bond donors (Lipinski definition) is 1. The lowest BCUT2D eigenvalue weighted by atomic mass is 10.1.